The average Bonchev–Trinajstić information content (AvgIpc) is 3.06. The molecular weight excluding hydrogens is 434 g/mol. The summed E-state index contributed by atoms with van der Waals surface area (Å²) in [6.45, 7) is 1.34. The zero-order chi connectivity index (χ0) is 23.3. The van der Waals surface area contributed by atoms with E-state index in [4.69, 9.17) is 14.2 Å². The first-order chi connectivity index (χ1) is 16.7. The van der Waals surface area contributed by atoms with Crippen LogP contribution >= 0.6 is 0 Å². The van der Waals surface area contributed by atoms with Gasteiger partial charge in [0.15, 0.2) is 11.5 Å². The zero-order valence-electron chi connectivity index (χ0n) is 19.3. The molecule has 2 amide bonds. The van der Waals surface area contributed by atoms with Gasteiger partial charge in [0.1, 0.15) is 6.61 Å². The number of hydrogen-bond donors (Lipinski definition) is 0. The number of benzene rings is 1. The summed E-state index contributed by atoms with van der Waals surface area (Å²) in [5.41, 5.74) is 0.959. The van der Waals surface area contributed by atoms with E-state index in [-0.39, 0.29) is 37.1 Å². The fourth-order valence-corrected chi connectivity index (χ4v) is 5.00. The van der Waals surface area contributed by atoms with Gasteiger partial charge in [-0.3, -0.25) is 14.6 Å². The lowest BCUT2D eigenvalue weighted by molar-refractivity contribution is -0.146. The summed E-state index contributed by atoms with van der Waals surface area (Å²) in [5, 5.41) is 0. The number of rotatable bonds is 5. The van der Waals surface area contributed by atoms with E-state index >= 15 is 0 Å². The summed E-state index contributed by atoms with van der Waals surface area (Å²) in [7, 11) is 0. The Bertz CT molecular complexity index is 995. The molecular formula is C26H31N3O5. The summed E-state index contributed by atoms with van der Waals surface area (Å²) in [4.78, 5) is 34.5. The molecule has 2 aliphatic heterocycles. The van der Waals surface area contributed by atoms with Crippen LogP contribution in [0.2, 0.25) is 0 Å². The van der Waals surface area contributed by atoms with E-state index < -0.39 is 6.10 Å². The molecule has 180 valence electrons. The van der Waals surface area contributed by atoms with E-state index in [2.05, 4.69) is 4.98 Å². The smallest absolute Gasteiger partial charge is 0.267 e. The second-order valence-corrected chi connectivity index (χ2v) is 9.22. The fraction of sp³-hybridized carbons (Fsp3) is 0.500. The standard InChI is InChI=1S/C26H31N3O5/c30-25-16-28(26(31)24-18-33-22-10-4-5-11-23(22)34-24)14-21(32-17-19-7-6-12-27-13-19)15-29(25)20-8-2-1-3-9-20/h4-7,10-13,20-21,24H,1-3,8-9,14-18H2/t21-,24-/m1/s1. The van der Waals surface area contributed by atoms with Gasteiger partial charge in [-0.1, -0.05) is 37.5 Å². The van der Waals surface area contributed by atoms with E-state index in [1.165, 1.54) is 6.42 Å². The first-order valence-corrected chi connectivity index (χ1v) is 12.1. The molecule has 2 fully saturated rings. The Hall–Kier alpha value is -3.13. The van der Waals surface area contributed by atoms with Crippen LogP contribution in [-0.4, -0.2) is 71.1 Å². The molecule has 1 aromatic heterocycles. The number of hydrogen-bond acceptors (Lipinski definition) is 6. The lowest BCUT2D eigenvalue weighted by Crippen LogP contribution is -2.50. The Morgan fingerprint density at radius 2 is 1.88 bits per heavy atom. The predicted octanol–water partition coefficient (Wildman–Crippen LogP) is 2.81. The molecule has 3 aliphatic rings. The monoisotopic (exact) mass is 465 g/mol. The molecule has 3 heterocycles. The summed E-state index contributed by atoms with van der Waals surface area (Å²) >= 11 is 0. The van der Waals surface area contributed by atoms with Crippen LogP contribution in [0.3, 0.4) is 0 Å². The van der Waals surface area contributed by atoms with Crippen LogP contribution in [0.4, 0.5) is 0 Å². The third kappa shape index (κ3) is 5.17. The van der Waals surface area contributed by atoms with Crippen molar-refractivity contribution in [2.24, 2.45) is 0 Å². The largest absolute Gasteiger partial charge is 0.485 e. The van der Waals surface area contributed by atoms with Crippen LogP contribution in [0.1, 0.15) is 37.7 Å². The maximum atomic E-state index is 13.4. The molecule has 8 heteroatoms. The quantitative estimate of drug-likeness (QED) is 0.676. The minimum Gasteiger partial charge on any atom is -0.485 e. The van der Waals surface area contributed by atoms with E-state index in [0.717, 1.165) is 31.2 Å². The van der Waals surface area contributed by atoms with Crippen molar-refractivity contribution in [3.63, 3.8) is 0 Å². The molecule has 0 unspecified atom stereocenters. The number of para-hydroxylation sites is 2. The average molecular weight is 466 g/mol. The summed E-state index contributed by atoms with van der Waals surface area (Å²) in [6, 6.07) is 11.3. The second kappa shape index (κ2) is 10.4. The lowest BCUT2D eigenvalue weighted by atomic mass is 9.94. The zero-order valence-corrected chi connectivity index (χ0v) is 19.3. The Kier molecular flexibility index (Phi) is 6.94. The number of pyridine rings is 1. The molecule has 1 aliphatic carbocycles. The molecule has 1 saturated carbocycles. The van der Waals surface area contributed by atoms with Crippen LogP contribution in [0.15, 0.2) is 48.8 Å². The minimum atomic E-state index is -0.789. The van der Waals surface area contributed by atoms with Gasteiger partial charge < -0.3 is 24.0 Å². The molecule has 8 nitrogen and oxygen atoms in total. The molecule has 1 aromatic carbocycles. The van der Waals surface area contributed by atoms with Crippen molar-refractivity contribution >= 4 is 11.8 Å². The first-order valence-electron chi connectivity index (χ1n) is 12.1. The van der Waals surface area contributed by atoms with Gasteiger partial charge in [-0.15, -0.1) is 0 Å². The normalized spacial score (nSPS) is 23.5. The molecule has 1 saturated heterocycles. The van der Waals surface area contributed by atoms with Gasteiger partial charge in [0.05, 0.1) is 19.3 Å². The van der Waals surface area contributed by atoms with Crippen LogP contribution in [-0.2, 0) is 20.9 Å². The highest BCUT2D eigenvalue weighted by atomic mass is 16.6. The number of aromatic nitrogens is 1. The third-order valence-electron chi connectivity index (χ3n) is 6.79. The van der Waals surface area contributed by atoms with Gasteiger partial charge in [-0.25, -0.2) is 0 Å². The van der Waals surface area contributed by atoms with Crippen molar-refractivity contribution in [1.82, 2.24) is 14.8 Å². The van der Waals surface area contributed by atoms with Crippen molar-refractivity contribution in [3.8, 4) is 11.5 Å². The lowest BCUT2D eigenvalue weighted by Gasteiger charge is -2.34. The van der Waals surface area contributed by atoms with E-state index in [0.29, 0.717) is 31.2 Å². The number of amides is 2. The minimum absolute atomic E-state index is 0.0233. The Morgan fingerprint density at radius 3 is 2.68 bits per heavy atom. The predicted molar refractivity (Wildman–Crippen MR) is 124 cm³/mol. The van der Waals surface area contributed by atoms with Crippen molar-refractivity contribution in [3.05, 3.63) is 54.4 Å². The summed E-state index contributed by atoms with van der Waals surface area (Å²) < 4.78 is 17.9. The molecule has 5 rings (SSSR count). The highest BCUT2D eigenvalue weighted by molar-refractivity contribution is 5.88. The number of ether oxygens (including phenoxy) is 3. The number of carbonyl (C=O) groups is 2. The number of nitrogens with zero attached hydrogens (tertiary/aromatic N) is 3. The van der Waals surface area contributed by atoms with Gasteiger partial charge in [0.2, 0.25) is 12.0 Å². The maximum absolute atomic E-state index is 13.4. The summed E-state index contributed by atoms with van der Waals surface area (Å²) in [6.07, 6.45) is 7.90. The number of fused-ring (bicyclic) bond motifs is 1. The first kappa shape index (κ1) is 22.7. The van der Waals surface area contributed by atoms with E-state index in [1.54, 1.807) is 23.4 Å². The van der Waals surface area contributed by atoms with Crippen LogP contribution in [0.5, 0.6) is 11.5 Å². The maximum Gasteiger partial charge on any atom is 0.267 e. The Morgan fingerprint density at radius 1 is 1.06 bits per heavy atom. The highest BCUT2D eigenvalue weighted by Crippen LogP contribution is 2.32. The molecule has 0 N–H and O–H groups in total. The molecule has 0 radical (unpaired) electrons. The molecule has 0 bridgehead atoms. The molecule has 0 spiro atoms. The highest BCUT2D eigenvalue weighted by Gasteiger charge is 2.38. The van der Waals surface area contributed by atoms with Crippen LogP contribution in [0.25, 0.3) is 0 Å². The van der Waals surface area contributed by atoms with Gasteiger partial charge >= 0.3 is 0 Å². The Balaban J connectivity index is 1.32. The topological polar surface area (TPSA) is 81.2 Å². The van der Waals surface area contributed by atoms with Crippen molar-refractivity contribution in [2.45, 2.75) is 57.0 Å². The third-order valence-corrected chi connectivity index (χ3v) is 6.79. The SMILES string of the molecule is O=C([C@H]1COc2ccccc2O1)N1CC(=O)N(C2CCCCC2)C[C@H](OCc2cccnc2)C1. The number of carbonyl (C=O) groups excluding carboxylic acids is 2. The van der Waals surface area contributed by atoms with Gasteiger partial charge in [0.25, 0.3) is 5.91 Å². The van der Waals surface area contributed by atoms with Gasteiger partial charge in [-0.2, -0.15) is 0 Å². The van der Waals surface area contributed by atoms with Gasteiger partial charge in [-0.05, 0) is 36.6 Å². The van der Waals surface area contributed by atoms with Gasteiger partial charge in [0, 0.05) is 31.5 Å². The van der Waals surface area contributed by atoms with Crippen LogP contribution < -0.4 is 9.47 Å². The van der Waals surface area contributed by atoms with E-state index in [1.807, 2.05) is 35.2 Å². The van der Waals surface area contributed by atoms with E-state index in [9.17, 15) is 9.59 Å². The van der Waals surface area contributed by atoms with Crippen molar-refractivity contribution < 1.29 is 23.8 Å². The molecule has 34 heavy (non-hydrogen) atoms. The second-order valence-electron chi connectivity index (χ2n) is 9.22. The van der Waals surface area contributed by atoms with Crippen molar-refractivity contribution in [2.75, 3.05) is 26.2 Å². The van der Waals surface area contributed by atoms with Crippen LogP contribution in [0, 0.1) is 0 Å². The molecule has 2 atom stereocenters. The summed E-state index contributed by atoms with van der Waals surface area (Å²) in [5.74, 6) is 0.897. The molecule has 2 aromatic rings. The fourth-order valence-electron chi connectivity index (χ4n) is 5.00. The van der Waals surface area contributed by atoms with Crippen molar-refractivity contribution in [1.29, 1.82) is 0 Å². The Labute approximate surface area is 199 Å².